The number of likely N-dealkylation sites (tertiary alicyclic amines) is 1. The van der Waals surface area contributed by atoms with Crippen molar-refractivity contribution in [1.82, 2.24) is 9.80 Å². The number of carboxylic acids is 1. The van der Waals surface area contributed by atoms with Crippen LogP contribution in [0.5, 0.6) is 0 Å². The van der Waals surface area contributed by atoms with Crippen LogP contribution in [-0.4, -0.2) is 77.5 Å². The van der Waals surface area contributed by atoms with Gasteiger partial charge in [0, 0.05) is 25.6 Å². The fraction of sp³-hybridized carbons (Fsp3) is 0.833. The summed E-state index contributed by atoms with van der Waals surface area (Å²) in [5, 5.41) is 18.1. The van der Waals surface area contributed by atoms with Crippen LogP contribution in [-0.2, 0) is 9.53 Å². The van der Waals surface area contributed by atoms with E-state index in [4.69, 9.17) is 9.84 Å². The summed E-state index contributed by atoms with van der Waals surface area (Å²) >= 11 is 0. The van der Waals surface area contributed by atoms with Crippen LogP contribution in [0.2, 0.25) is 0 Å². The highest BCUT2D eigenvalue weighted by Crippen LogP contribution is 2.26. The molecule has 2 unspecified atom stereocenters. The van der Waals surface area contributed by atoms with Crippen LogP contribution in [0.15, 0.2) is 0 Å². The van der Waals surface area contributed by atoms with Gasteiger partial charge in [-0.2, -0.15) is 0 Å². The largest absolute Gasteiger partial charge is 0.481 e. The average molecular weight is 272 g/mol. The van der Waals surface area contributed by atoms with Crippen LogP contribution in [0.25, 0.3) is 0 Å². The van der Waals surface area contributed by atoms with Gasteiger partial charge >= 0.3 is 12.0 Å². The average Bonchev–Trinajstić information content (AvgIpc) is 2.36. The molecule has 0 bridgehead atoms. The summed E-state index contributed by atoms with van der Waals surface area (Å²) in [5.74, 6) is -1.23. The first-order valence-electron chi connectivity index (χ1n) is 6.51. The van der Waals surface area contributed by atoms with Crippen LogP contribution in [0.3, 0.4) is 0 Å². The number of carbonyl (C=O) groups excluding carboxylic acids is 1. The fourth-order valence-corrected chi connectivity index (χ4v) is 2.43. The maximum absolute atomic E-state index is 12.2. The van der Waals surface area contributed by atoms with E-state index in [9.17, 15) is 14.7 Å². The zero-order valence-corrected chi connectivity index (χ0v) is 11.0. The van der Waals surface area contributed by atoms with Gasteiger partial charge in [0.2, 0.25) is 0 Å². The van der Waals surface area contributed by atoms with Crippen molar-refractivity contribution in [2.24, 2.45) is 11.8 Å². The van der Waals surface area contributed by atoms with Gasteiger partial charge in [-0.05, 0) is 0 Å². The molecule has 108 valence electrons. The monoisotopic (exact) mass is 272 g/mol. The van der Waals surface area contributed by atoms with E-state index in [0.717, 1.165) is 0 Å². The second-order valence-electron chi connectivity index (χ2n) is 5.18. The topological polar surface area (TPSA) is 90.3 Å². The first kappa shape index (κ1) is 14.1. The summed E-state index contributed by atoms with van der Waals surface area (Å²) in [6, 6.07) is -0.423. The molecule has 0 aromatic carbocycles. The van der Waals surface area contributed by atoms with Crippen LogP contribution < -0.4 is 0 Å². The number of nitrogens with zero attached hydrogens (tertiary/aromatic N) is 2. The van der Waals surface area contributed by atoms with Gasteiger partial charge in [-0.3, -0.25) is 4.79 Å². The zero-order chi connectivity index (χ0) is 14.0. The number of amides is 2. The number of carbonyl (C=O) groups is 2. The molecule has 0 spiro atoms. The van der Waals surface area contributed by atoms with Crippen molar-refractivity contribution < 1.29 is 24.5 Å². The predicted octanol–water partition coefficient (Wildman–Crippen LogP) is -0.548. The van der Waals surface area contributed by atoms with Gasteiger partial charge in [-0.25, -0.2) is 4.79 Å². The molecule has 2 aliphatic heterocycles. The van der Waals surface area contributed by atoms with E-state index in [-0.39, 0.29) is 24.6 Å². The van der Waals surface area contributed by atoms with Gasteiger partial charge in [0.15, 0.2) is 0 Å². The first-order chi connectivity index (χ1) is 9.04. The summed E-state index contributed by atoms with van der Waals surface area (Å²) in [7, 11) is 0. The highest BCUT2D eigenvalue weighted by molar-refractivity contribution is 5.77. The minimum atomic E-state index is -0.822. The molecule has 7 nitrogen and oxygen atoms in total. The van der Waals surface area contributed by atoms with E-state index in [2.05, 4.69) is 0 Å². The van der Waals surface area contributed by atoms with E-state index in [1.165, 1.54) is 0 Å². The summed E-state index contributed by atoms with van der Waals surface area (Å²) in [4.78, 5) is 26.3. The number of hydrogen-bond donors (Lipinski definition) is 2. The van der Waals surface area contributed by atoms with Crippen molar-refractivity contribution in [2.75, 3.05) is 39.5 Å². The fourth-order valence-electron chi connectivity index (χ4n) is 2.43. The molecule has 0 aliphatic carbocycles. The number of hydrogen-bond acceptors (Lipinski definition) is 4. The number of aliphatic hydroxyl groups excluding tert-OH is 1. The zero-order valence-electron chi connectivity index (χ0n) is 11.0. The molecule has 2 amide bonds. The third-order valence-electron chi connectivity index (χ3n) is 3.96. The molecular weight excluding hydrogens is 252 g/mol. The standard InChI is InChI=1S/C12H20N2O5/c1-8(11(16)17)9-4-13(5-9)12(18)14-2-3-19-7-10(14)6-15/h8-10,15H,2-7H2,1H3,(H,16,17). The van der Waals surface area contributed by atoms with Crippen LogP contribution in [0.4, 0.5) is 4.79 Å². The Labute approximate surface area is 111 Å². The molecule has 0 radical (unpaired) electrons. The third-order valence-corrected chi connectivity index (χ3v) is 3.96. The Balaban J connectivity index is 1.87. The highest BCUT2D eigenvalue weighted by Gasteiger charge is 2.40. The minimum absolute atomic E-state index is 0.0232. The Kier molecular flexibility index (Phi) is 4.26. The molecule has 2 heterocycles. The number of morpholine rings is 1. The molecule has 2 aliphatic rings. The van der Waals surface area contributed by atoms with E-state index in [1.54, 1.807) is 16.7 Å². The molecule has 0 saturated carbocycles. The second-order valence-corrected chi connectivity index (χ2v) is 5.18. The lowest BCUT2D eigenvalue weighted by molar-refractivity contribution is -0.145. The van der Waals surface area contributed by atoms with E-state index in [0.29, 0.717) is 32.8 Å². The Bertz CT molecular complexity index is 356. The van der Waals surface area contributed by atoms with Crippen LogP contribution in [0.1, 0.15) is 6.92 Å². The molecule has 7 heteroatoms. The van der Waals surface area contributed by atoms with Crippen molar-refractivity contribution in [3.63, 3.8) is 0 Å². The Morgan fingerprint density at radius 3 is 2.68 bits per heavy atom. The number of rotatable bonds is 3. The number of ether oxygens (including phenoxy) is 1. The molecule has 2 atom stereocenters. The number of urea groups is 1. The van der Waals surface area contributed by atoms with Crippen molar-refractivity contribution in [3.8, 4) is 0 Å². The summed E-state index contributed by atoms with van der Waals surface area (Å²) in [6.07, 6.45) is 0. The van der Waals surface area contributed by atoms with Crippen LogP contribution >= 0.6 is 0 Å². The number of carboxylic acid groups (broad SMARTS) is 1. The maximum Gasteiger partial charge on any atom is 0.320 e. The first-order valence-corrected chi connectivity index (χ1v) is 6.51. The molecule has 0 aromatic heterocycles. The lowest BCUT2D eigenvalue weighted by Crippen LogP contribution is -2.61. The van der Waals surface area contributed by atoms with Gasteiger partial charge in [0.1, 0.15) is 0 Å². The number of aliphatic hydroxyl groups is 1. The Morgan fingerprint density at radius 1 is 1.42 bits per heavy atom. The van der Waals surface area contributed by atoms with Gasteiger partial charge in [0.05, 0.1) is 31.8 Å². The summed E-state index contributed by atoms with van der Waals surface area (Å²) in [5.41, 5.74) is 0. The van der Waals surface area contributed by atoms with Gasteiger partial charge < -0.3 is 24.7 Å². The third kappa shape index (κ3) is 2.82. The van der Waals surface area contributed by atoms with Gasteiger partial charge in [-0.1, -0.05) is 6.92 Å². The van der Waals surface area contributed by atoms with E-state index >= 15 is 0 Å². The van der Waals surface area contributed by atoms with Crippen molar-refractivity contribution in [3.05, 3.63) is 0 Å². The van der Waals surface area contributed by atoms with Crippen LogP contribution in [0, 0.1) is 11.8 Å². The Hall–Kier alpha value is -1.34. The van der Waals surface area contributed by atoms with Gasteiger partial charge in [-0.15, -0.1) is 0 Å². The Morgan fingerprint density at radius 2 is 2.11 bits per heavy atom. The molecular formula is C12H20N2O5. The highest BCUT2D eigenvalue weighted by atomic mass is 16.5. The molecule has 2 saturated heterocycles. The molecule has 19 heavy (non-hydrogen) atoms. The lowest BCUT2D eigenvalue weighted by Gasteiger charge is -2.45. The van der Waals surface area contributed by atoms with E-state index < -0.39 is 11.9 Å². The van der Waals surface area contributed by atoms with Crippen molar-refractivity contribution in [1.29, 1.82) is 0 Å². The number of aliphatic carboxylic acids is 1. The molecule has 2 rings (SSSR count). The van der Waals surface area contributed by atoms with Gasteiger partial charge in [0.25, 0.3) is 0 Å². The molecule has 0 aromatic rings. The molecule has 2 N–H and O–H groups in total. The van der Waals surface area contributed by atoms with Crippen molar-refractivity contribution >= 4 is 12.0 Å². The smallest absolute Gasteiger partial charge is 0.320 e. The lowest BCUT2D eigenvalue weighted by atomic mass is 9.87. The van der Waals surface area contributed by atoms with Crippen molar-refractivity contribution in [2.45, 2.75) is 13.0 Å². The summed E-state index contributed by atoms with van der Waals surface area (Å²) < 4.78 is 5.23. The molecule has 2 fully saturated rings. The maximum atomic E-state index is 12.2. The second kappa shape index (κ2) is 5.75. The normalized spacial score (nSPS) is 25.9. The quantitative estimate of drug-likeness (QED) is 0.719. The SMILES string of the molecule is CC(C(=O)O)C1CN(C(=O)N2CCOCC2CO)C1. The van der Waals surface area contributed by atoms with E-state index in [1.807, 2.05) is 0 Å². The minimum Gasteiger partial charge on any atom is -0.481 e. The summed E-state index contributed by atoms with van der Waals surface area (Å²) in [6.45, 7) is 3.80. The predicted molar refractivity (Wildman–Crippen MR) is 65.7 cm³/mol.